The summed E-state index contributed by atoms with van der Waals surface area (Å²) < 4.78 is 5.14. The van der Waals surface area contributed by atoms with Crippen molar-refractivity contribution in [1.82, 2.24) is 9.97 Å². The number of benzene rings is 2. The van der Waals surface area contributed by atoms with Gasteiger partial charge in [-0.2, -0.15) is 0 Å². The van der Waals surface area contributed by atoms with Crippen molar-refractivity contribution < 1.29 is 9.53 Å². The van der Waals surface area contributed by atoms with E-state index in [0.29, 0.717) is 17.3 Å². The molecular formula is C20H20N4O2. The van der Waals surface area contributed by atoms with Crippen molar-refractivity contribution in [3.05, 3.63) is 78.2 Å². The highest BCUT2D eigenvalue weighted by molar-refractivity contribution is 6.02. The smallest absolute Gasteiger partial charge is 0.275 e. The Morgan fingerprint density at radius 3 is 2.54 bits per heavy atom. The second-order valence-corrected chi connectivity index (χ2v) is 5.75. The summed E-state index contributed by atoms with van der Waals surface area (Å²) in [6, 6.07) is 17.3. The first-order valence-corrected chi connectivity index (χ1v) is 8.24. The Labute approximate surface area is 152 Å². The minimum absolute atomic E-state index is 0.0851. The summed E-state index contributed by atoms with van der Waals surface area (Å²) in [6.45, 7) is 2.04. The highest BCUT2D eigenvalue weighted by Gasteiger charge is 2.10. The zero-order valence-corrected chi connectivity index (χ0v) is 14.6. The first-order valence-electron chi connectivity index (χ1n) is 8.24. The molecule has 132 valence electrons. The number of anilines is 2. The Kier molecular flexibility index (Phi) is 5.43. The fourth-order valence-corrected chi connectivity index (χ4v) is 2.46. The van der Waals surface area contributed by atoms with E-state index in [1.165, 1.54) is 6.20 Å². The van der Waals surface area contributed by atoms with Gasteiger partial charge in [0.05, 0.1) is 19.5 Å². The number of carbonyl (C=O) groups excluding carboxylic acids is 1. The Balaban J connectivity index is 1.64. The van der Waals surface area contributed by atoms with Crippen molar-refractivity contribution in [3.8, 4) is 5.75 Å². The summed E-state index contributed by atoms with van der Waals surface area (Å²) in [5.74, 6) is 0.955. The molecule has 6 heteroatoms. The normalized spacial score (nSPS) is 11.5. The van der Waals surface area contributed by atoms with Crippen LogP contribution in [0.1, 0.15) is 29.0 Å². The molecule has 3 rings (SSSR count). The number of aromatic nitrogens is 2. The van der Waals surface area contributed by atoms with Gasteiger partial charge in [0.1, 0.15) is 17.3 Å². The third kappa shape index (κ3) is 4.36. The molecular weight excluding hydrogens is 328 g/mol. The van der Waals surface area contributed by atoms with Crippen LogP contribution in [0.3, 0.4) is 0 Å². The Hall–Kier alpha value is -3.41. The lowest BCUT2D eigenvalue weighted by Gasteiger charge is -2.14. The fraction of sp³-hybridized carbons (Fsp3) is 0.150. The lowest BCUT2D eigenvalue weighted by Crippen LogP contribution is -2.15. The van der Waals surface area contributed by atoms with Gasteiger partial charge in [-0.15, -0.1) is 0 Å². The first-order chi connectivity index (χ1) is 12.7. The molecule has 6 nitrogen and oxygen atoms in total. The van der Waals surface area contributed by atoms with Crippen molar-refractivity contribution in [2.75, 3.05) is 17.7 Å². The van der Waals surface area contributed by atoms with Gasteiger partial charge < -0.3 is 15.4 Å². The van der Waals surface area contributed by atoms with E-state index in [4.69, 9.17) is 4.74 Å². The Bertz CT molecular complexity index is 866. The molecule has 0 saturated heterocycles. The second-order valence-electron chi connectivity index (χ2n) is 5.75. The van der Waals surface area contributed by atoms with Crippen molar-refractivity contribution >= 4 is 17.4 Å². The molecule has 0 fully saturated rings. The third-order valence-electron chi connectivity index (χ3n) is 3.88. The SMILES string of the molecule is COc1cccc(NC(=O)c2cnc(NC(C)c3ccccc3)cn2)c1. The van der Waals surface area contributed by atoms with Crippen molar-refractivity contribution in [1.29, 1.82) is 0 Å². The van der Waals surface area contributed by atoms with Crippen LogP contribution in [0, 0.1) is 0 Å². The van der Waals surface area contributed by atoms with Crippen LogP contribution in [0.4, 0.5) is 11.5 Å². The van der Waals surface area contributed by atoms with Gasteiger partial charge in [-0.25, -0.2) is 9.97 Å². The molecule has 1 unspecified atom stereocenters. The number of hydrogen-bond donors (Lipinski definition) is 2. The highest BCUT2D eigenvalue weighted by Crippen LogP contribution is 2.18. The number of nitrogens with zero attached hydrogens (tertiary/aromatic N) is 2. The predicted molar refractivity (Wildman–Crippen MR) is 101 cm³/mol. The van der Waals surface area contributed by atoms with E-state index < -0.39 is 0 Å². The van der Waals surface area contributed by atoms with E-state index in [0.717, 1.165) is 5.56 Å². The van der Waals surface area contributed by atoms with Gasteiger partial charge in [-0.05, 0) is 24.6 Å². The number of ether oxygens (including phenoxy) is 1. The summed E-state index contributed by atoms with van der Waals surface area (Å²) in [5, 5.41) is 6.04. The topological polar surface area (TPSA) is 76.1 Å². The molecule has 3 aromatic rings. The summed E-state index contributed by atoms with van der Waals surface area (Å²) in [5.41, 5.74) is 2.02. The van der Waals surface area contributed by atoms with E-state index in [9.17, 15) is 4.79 Å². The highest BCUT2D eigenvalue weighted by atomic mass is 16.5. The van der Waals surface area contributed by atoms with Gasteiger partial charge in [0.15, 0.2) is 0 Å². The number of hydrogen-bond acceptors (Lipinski definition) is 5. The summed E-state index contributed by atoms with van der Waals surface area (Å²) in [4.78, 5) is 20.8. The maximum Gasteiger partial charge on any atom is 0.275 e. The van der Waals surface area contributed by atoms with Gasteiger partial charge in [-0.3, -0.25) is 4.79 Å². The van der Waals surface area contributed by atoms with Crippen LogP contribution in [0.25, 0.3) is 0 Å². The summed E-state index contributed by atoms with van der Waals surface area (Å²) >= 11 is 0. The van der Waals surface area contributed by atoms with Gasteiger partial charge >= 0.3 is 0 Å². The van der Waals surface area contributed by atoms with Gasteiger partial charge in [-0.1, -0.05) is 36.4 Å². The molecule has 0 aliphatic rings. The average molecular weight is 348 g/mol. The van der Waals surface area contributed by atoms with E-state index in [-0.39, 0.29) is 17.6 Å². The molecule has 0 spiro atoms. The fourth-order valence-electron chi connectivity index (χ4n) is 2.46. The van der Waals surface area contributed by atoms with E-state index in [2.05, 4.69) is 20.6 Å². The number of methoxy groups -OCH3 is 1. The largest absolute Gasteiger partial charge is 0.497 e. The zero-order chi connectivity index (χ0) is 18.4. The van der Waals surface area contributed by atoms with Crippen molar-refractivity contribution in [3.63, 3.8) is 0 Å². The number of rotatable bonds is 6. The van der Waals surface area contributed by atoms with Crippen LogP contribution in [0.2, 0.25) is 0 Å². The number of amides is 1. The molecule has 1 atom stereocenters. The number of carbonyl (C=O) groups is 1. The molecule has 0 bridgehead atoms. The predicted octanol–water partition coefficient (Wildman–Crippen LogP) is 3.91. The van der Waals surface area contributed by atoms with Crippen LogP contribution in [0.5, 0.6) is 5.75 Å². The second kappa shape index (κ2) is 8.11. The maximum atomic E-state index is 12.3. The van der Waals surface area contributed by atoms with Gasteiger partial charge in [0.25, 0.3) is 5.91 Å². The van der Waals surface area contributed by atoms with Crippen LogP contribution in [0.15, 0.2) is 67.0 Å². The first kappa shape index (κ1) is 17.4. The van der Waals surface area contributed by atoms with Crippen LogP contribution in [-0.2, 0) is 0 Å². The molecule has 26 heavy (non-hydrogen) atoms. The standard InChI is InChI=1S/C20H20N4O2/c1-14(15-7-4-3-5-8-15)23-19-13-21-18(12-22-19)20(25)24-16-9-6-10-17(11-16)26-2/h3-14H,1-2H3,(H,22,23)(H,24,25). The monoisotopic (exact) mass is 348 g/mol. The Morgan fingerprint density at radius 1 is 1.04 bits per heavy atom. The molecule has 0 radical (unpaired) electrons. The average Bonchev–Trinajstić information content (AvgIpc) is 2.69. The maximum absolute atomic E-state index is 12.3. The molecule has 1 heterocycles. The molecule has 2 N–H and O–H groups in total. The Morgan fingerprint density at radius 2 is 1.85 bits per heavy atom. The lowest BCUT2D eigenvalue weighted by molar-refractivity contribution is 0.102. The molecule has 1 aromatic heterocycles. The van der Waals surface area contributed by atoms with E-state index in [1.807, 2.05) is 43.3 Å². The third-order valence-corrected chi connectivity index (χ3v) is 3.88. The van der Waals surface area contributed by atoms with E-state index >= 15 is 0 Å². The molecule has 0 aliphatic carbocycles. The van der Waals surface area contributed by atoms with Crippen LogP contribution in [-0.4, -0.2) is 23.0 Å². The van der Waals surface area contributed by atoms with Crippen molar-refractivity contribution in [2.24, 2.45) is 0 Å². The van der Waals surface area contributed by atoms with Gasteiger partial charge in [0, 0.05) is 17.8 Å². The molecule has 2 aromatic carbocycles. The quantitative estimate of drug-likeness (QED) is 0.706. The lowest BCUT2D eigenvalue weighted by atomic mass is 10.1. The van der Waals surface area contributed by atoms with Crippen molar-refractivity contribution in [2.45, 2.75) is 13.0 Å². The minimum atomic E-state index is -0.326. The minimum Gasteiger partial charge on any atom is -0.497 e. The summed E-state index contributed by atoms with van der Waals surface area (Å²) in [6.07, 6.45) is 3.01. The zero-order valence-electron chi connectivity index (χ0n) is 14.6. The number of nitrogens with one attached hydrogen (secondary N) is 2. The van der Waals surface area contributed by atoms with Crippen LogP contribution >= 0.6 is 0 Å². The molecule has 0 aliphatic heterocycles. The van der Waals surface area contributed by atoms with Crippen LogP contribution < -0.4 is 15.4 Å². The van der Waals surface area contributed by atoms with E-state index in [1.54, 1.807) is 31.5 Å². The molecule has 1 amide bonds. The van der Waals surface area contributed by atoms with Gasteiger partial charge in [0.2, 0.25) is 0 Å². The molecule has 0 saturated carbocycles. The summed E-state index contributed by atoms with van der Waals surface area (Å²) in [7, 11) is 1.58.